The van der Waals surface area contributed by atoms with Gasteiger partial charge in [-0.25, -0.2) is 14.5 Å². The molecule has 2 N–H and O–H groups in total. The summed E-state index contributed by atoms with van der Waals surface area (Å²) in [5.41, 5.74) is 0.802. The van der Waals surface area contributed by atoms with Crippen molar-refractivity contribution in [3.8, 4) is 11.5 Å². The topological polar surface area (TPSA) is 165 Å². The summed E-state index contributed by atoms with van der Waals surface area (Å²) >= 11 is 2.02. The number of carbonyl (C=O) groups is 4. The van der Waals surface area contributed by atoms with Gasteiger partial charge in [0.05, 0.1) is 26.4 Å². The molecule has 0 unspecified atom stereocenters. The Balaban J connectivity index is 1.62. The van der Waals surface area contributed by atoms with Crippen molar-refractivity contribution in [2.45, 2.75) is 13.5 Å². The second-order valence-electron chi connectivity index (χ2n) is 8.29. The third-order valence-electron chi connectivity index (χ3n) is 5.65. The molecule has 0 bridgehead atoms. The van der Waals surface area contributed by atoms with Crippen LogP contribution in [0.5, 0.6) is 11.5 Å². The summed E-state index contributed by atoms with van der Waals surface area (Å²) in [7, 11) is 0. The number of barbiturate groups is 1. The van der Waals surface area contributed by atoms with Crippen LogP contribution in [-0.4, -0.2) is 40.5 Å². The van der Waals surface area contributed by atoms with Crippen molar-refractivity contribution in [2.24, 2.45) is 0 Å². The number of amides is 4. The normalized spacial score (nSPS) is 14.2. The SMILES string of the molecule is CCOc1cc(/C=C2\C(=O)NC(=O)N(c3ccc([N+](=O)[O-])cc3)C2=O)cc(I)c1OCc1ccc(C(=O)O)cc1. The van der Waals surface area contributed by atoms with Crippen molar-refractivity contribution < 1.29 is 38.7 Å². The maximum absolute atomic E-state index is 13.2. The van der Waals surface area contributed by atoms with Gasteiger partial charge in [0.1, 0.15) is 12.2 Å². The lowest BCUT2D eigenvalue weighted by molar-refractivity contribution is -0.384. The van der Waals surface area contributed by atoms with E-state index in [1.807, 2.05) is 22.6 Å². The van der Waals surface area contributed by atoms with E-state index in [9.17, 15) is 29.3 Å². The summed E-state index contributed by atoms with van der Waals surface area (Å²) in [6.07, 6.45) is 1.31. The molecule has 1 heterocycles. The number of aromatic carboxylic acids is 1. The molecule has 0 spiro atoms. The lowest BCUT2D eigenvalue weighted by Gasteiger charge is -2.26. The molecule has 0 aliphatic carbocycles. The van der Waals surface area contributed by atoms with E-state index < -0.39 is 28.7 Å². The molecule has 3 aromatic rings. The molecule has 12 nitrogen and oxygen atoms in total. The third-order valence-corrected chi connectivity index (χ3v) is 6.45. The number of anilines is 1. The highest BCUT2D eigenvalue weighted by atomic mass is 127. The van der Waals surface area contributed by atoms with E-state index in [1.54, 1.807) is 31.2 Å². The highest BCUT2D eigenvalue weighted by Gasteiger charge is 2.37. The number of carboxylic acids is 1. The van der Waals surface area contributed by atoms with Gasteiger partial charge in [-0.2, -0.15) is 0 Å². The standard InChI is InChI=1S/C27H20IN3O9/c1-2-39-22-13-16(12-21(28)23(22)40-14-15-3-5-17(6-4-15)26(34)35)11-20-24(32)29-27(36)30(25(20)33)18-7-9-19(10-8-18)31(37)38/h3-13H,2,14H2,1H3,(H,34,35)(H,29,32,36)/b20-11+. The first-order valence-electron chi connectivity index (χ1n) is 11.7. The summed E-state index contributed by atoms with van der Waals surface area (Å²) < 4.78 is 12.3. The van der Waals surface area contributed by atoms with Crippen molar-refractivity contribution in [3.63, 3.8) is 0 Å². The highest BCUT2D eigenvalue weighted by molar-refractivity contribution is 14.1. The van der Waals surface area contributed by atoms with E-state index in [4.69, 9.17) is 14.6 Å². The fraction of sp³-hybridized carbons (Fsp3) is 0.111. The number of ether oxygens (including phenoxy) is 2. The second kappa shape index (κ2) is 11.9. The lowest BCUT2D eigenvalue weighted by Crippen LogP contribution is -2.54. The van der Waals surface area contributed by atoms with Crippen molar-refractivity contribution in [1.29, 1.82) is 0 Å². The first-order chi connectivity index (χ1) is 19.1. The molecular weight excluding hydrogens is 637 g/mol. The number of carboxylic acid groups (broad SMARTS) is 1. The number of nitrogens with zero attached hydrogens (tertiary/aromatic N) is 2. The summed E-state index contributed by atoms with van der Waals surface area (Å²) in [4.78, 5) is 60.4. The molecule has 1 saturated heterocycles. The Bertz CT molecular complexity index is 1550. The van der Waals surface area contributed by atoms with Crippen LogP contribution < -0.4 is 19.7 Å². The minimum Gasteiger partial charge on any atom is -0.490 e. The van der Waals surface area contributed by atoms with Gasteiger partial charge in [0.15, 0.2) is 11.5 Å². The molecule has 4 rings (SSSR count). The maximum atomic E-state index is 13.2. The van der Waals surface area contributed by atoms with Crippen LogP contribution in [0.15, 0.2) is 66.2 Å². The number of hydrogen-bond donors (Lipinski definition) is 2. The molecule has 1 fully saturated rings. The van der Waals surface area contributed by atoms with Crippen molar-refractivity contribution in [1.82, 2.24) is 5.32 Å². The van der Waals surface area contributed by atoms with Crippen LogP contribution >= 0.6 is 22.6 Å². The Morgan fingerprint density at radius 2 is 1.75 bits per heavy atom. The maximum Gasteiger partial charge on any atom is 0.335 e. The van der Waals surface area contributed by atoms with Crippen LogP contribution in [0.2, 0.25) is 0 Å². The van der Waals surface area contributed by atoms with Crippen LogP contribution in [-0.2, 0) is 16.2 Å². The van der Waals surface area contributed by atoms with Crippen LogP contribution in [0, 0.1) is 13.7 Å². The van der Waals surface area contributed by atoms with Gasteiger partial charge in [0.2, 0.25) is 0 Å². The molecule has 4 amide bonds. The van der Waals surface area contributed by atoms with Gasteiger partial charge in [0.25, 0.3) is 17.5 Å². The minimum atomic E-state index is -1.03. The predicted octanol–water partition coefficient (Wildman–Crippen LogP) is 4.54. The second-order valence-corrected chi connectivity index (χ2v) is 9.45. The van der Waals surface area contributed by atoms with Gasteiger partial charge < -0.3 is 14.6 Å². The monoisotopic (exact) mass is 657 g/mol. The quantitative estimate of drug-likeness (QED) is 0.111. The molecule has 13 heteroatoms. The molecule has 0 atom stereocenters. The van der Waals surface area contributed by atoms with E-state index in [1.165, 1.54) is 30.3 Å². The van der Waals surface area contributed by atoms with E-state index in [0.29, 0.717) is 27.2 Å². The van der Waals surface area contributed by atoms with Gasteiger partial charge in [-0.05, 0) is 83.1 Å². The predicted molar refractivity (Wildman–Crippen MR) is 150 cm³/mol. The van der Waals surface area contributed by atoms with Crippen molar-refractivity contribution in [3.05, 3.63) is 96.6 Å². The third kappa shape index (κ3) is 6.09. The number of benzene rings is 3. The van der Waals surface area contributed by atoms with Gasteiger partial charge in [-0.15, -0.1) is 0 Å². The smallest absolute Gasteiger partial charge is 0.335 e. The van der Waals surface area contributed by atoms with Crippen LogP contribution in [0.1, 0.15) is 28.4 Å². The van der Waals surface area contributed by atoms with Crippen LogP contribution in [0.4, 0.5) is 16.2 Å². The van der Waals surface area contributed by atoms with E-state index in [-0.39, 0.29) is 29.1 Å². The Kier molecular flexibility index (Phi) is 8.43. The molecule has 40 heavy (non-hydrogen) atoms. The van der Waals surface area contributed by atoms with Crippen molar-refractivity contribution in [2.75, 3.05) is 11.5 Å². The number of carbonyl (C=O) groups excluding carboxylic acids is 3. The first kappa shape index (κ1) is 28.2. The Morgan fingerprint density at radius 1 is 1.07 bits per heavy atom. The summed E-state index contributed by atoms with van der Waals surface area (Å²) in [6, 6.07) is 13.2. The van der Waals surface area contributed by atoms with E-state index in [0.717, 1.165) is 22.6 Å². The molecule has 3 aromatic carbocycles. The number of non-ortho nitro benzene ring substituents is 1. The summed E-state index contributed by atoms with van der Waals surface area (Å²) in [5.74, 6) is -2.08. The zero-order valence-electron chi connectivity index (χ0n) is 20.8. The first-order valence-corrected chi connectivity index (χ1v) is 12.7. The molecular formula is C27H20IN3O9. The highest BCUT2D eigenvalue weighted by Crippen LogP contribution is 2.36. The minimum absolute atomic E-state index is 0.0521. The molecule has 1 aliphatic rings. The molecule has 204 valence electrons. The van der Waals surface area contributed by atoms with Gasteiger partial charge in [-0.3, -0.25) is 25.0 Å². The lowest BCUT2D eigenvalue weighted by atomic mass is 10.1. The average molecular weight is 657 g/mol. The number of halogens is 1. The fourth-order valence-electron chi connectivity index (χ4n) is 3.76. The van der Waals surface area contributed by atoms with Crippen LogP contribution in [0.25, 0.3) is 6.08 Å². The van der Waals surface area contributed by atoms with Gasteiger partial charge >= 0.3 is 12.0 Å². The molecule has 0 aromatic heterocycles. The Morgan fingerprint density at radius 3 is 2.35 bits per heavy atom. The largest absolute Gasteiger partial charge is 0.490 e. The number of nitro groups is 1. The zero-order chi connectivity index (χ0) is 29.0. The molecule has 0 radical (unpaired) electrons. The van der Waals surface area contributed by atoms with Gasteiger partial charge in [-0.1, -0.05) is 12.1 Å². The van der Waals surface area contributed by atoms with Crippen molar-refractivity contribution >= 4 is 63.9 Å². The summed E-state index contributed by atoms with van der Waals surface area (Å²) in [5, 5.41) is 22.1. The number of urea groups is 1. The average Bonchev–Trinajstić information content (AvgIpc) is 2.91. The van der Waals surface area contributed by atoms with Crippen LogP contribution in [0.3, 0.4) is 0 Å². The zero-order valence-corrected chi connectivity index (χ0v) is 22.9. The van der Waals surface area contributed by atoms with Gasteiger partial charge in [0, 0.05) is 12.1 Å². The summed E-state index contributed by atoms with van der Waals surface area (Å²) in [6.45, 7) is 2.20. The fourth-order valence-corrected chi connectivity index (χ4v) is 4.54. The number of nitro benzene ring substituents is 1. The number of nitrogens with one attached hydrogen (secondary N) is 1. The number of hydrogen-bond acceptors (Lipinski definition) is 8. The number of rotatable bonds is 9. The van der Waals surface area contributed by atoms with E-state index in [2.05, 4.69) is 5.32 Å². The van der Waals surface area contributed by atoms with E-state index >= 15 is 0 Å². The Labute approximate surface area is 240 Å². The molecule has 1 aliphatic heterocycles. The number of imide groups is 2. The Hall–Kier alpha value is -4.79. The molecule has 0 saturated carbocycles.